The summed E-state index contributed by atoms with van der Waals surface area (Å²) >= 11 is 5.80. The Morgan fingerprint density at radius 3 is 2.72 bits per heavy atom. The van der Waals surface area contributed by atoms with Crippen molar-refractivity contribution < 1.29 is 5.11 Å². The first kappa shape index (κ1) is 12.8. The monoisotopic (exact) mass is 263 g/mol. The summed E-state index contributed by atoms with van der Waals surface area (Å²) < 4.78 is 0. The van der Waals surface area contributed by atoms with Crippen molar-refractivity contribution in [3.8, 4) is 0 Å². The number of halogens is 1. The predicted octanol–water partition coefficient (Wildman–Crippen LogP) is 2.57. The van der Waals surface area contributed by atoms with E-state index in [2.05, 4.69) is 9.97 Å². The standard InChI is InChI=1S/C13H14ClN3O/c1-10-4-2-3-5-11(10)17(8-9-18)12-6-7-15-13(14)16-12/h2-7,18H,8-9H2,1H3. The number of nitrogens with zero attached hydrogens (tertiary/aromatic N) is 3. The lowest BCUT2D eigenvalue weighted by Crippen LogP contribution is -2.23. The molecule has 0 atom stereocenters. The SMILES string of the molecule is Cc1ccccc1N(CCO)c1ccnc(Cl)n1. The Balaban J connectivity index is 2.43. The van der Waals surface area contributed by atoms with Crippen molar-refractivity contribution in [2.24, 2.45) is 0 Å². The molecule has 2 aromatic rings. The number of aliphatic hydroxyl groups excluding tert-OH is 1. The zero-order valence-electron chi connectivity index (χ0n) is 10.0. The summed E-state index contributed by atoms with van der Waals surface area (Å²) in [6, 6.07) is 9.70. The molecule has 1 heterocycles. The molecule has 0 saturated heterocycles. The van der Waals surface area contributed by atoms with Gasteiger partial charge in [-0.3, -0.25) is 0 Å². The fourth-order valence-corrected chi connectivity index (χ4v) is 1.94. The van der Waals surface area contributed by atoms with E-state index in [4.69, 9.17) is 11.6 Å². The highest BCUT2D eigenvalue weighted by molar-refractivity contribution is 6.28. The van der Waals surface area contributed by atoms with Crippen molar-refractivity contribution in [3.05, 3.63) is 47.4 Å². The lowest BCUT2D eigenvalue weighted by atomic mass is 10.2. The Morgan fingerprint density at radius 1 is 1.28 bits per heavy atom. The highest BCUT2D eigenvalue weighted by atomic mass is 35.5. The van der Waals surface area contributed by atoms with Gasteiger partial charge >= 0.3 is 0 Å². The quantitative estimate of drug-likeness (QED) is 0.862. The summed E-state index contributed by atoms with van der Waals surface area (Å²) in [5.74, 6) is 0.679. The molecule has 2 rings (SSSR count). The van der Waals surface area contributed by atoms with E-state index in [1.807, 2.05) is 36.1 Å². The second-order valence-corrected chi connectivity index (χ2v) is 4.18. The second kappa shape index (κ2) is 5.80. The minimum atomic E-state index is 0.0377. The van der Waals surface area contributed by atoms with Gasteiger partial charge in [0.05, 0.1) is 6.61 Å². The normalized spacial score (nSPS) is 10.4. The Bertz CT molecular complexity index is 533. The maximum atomic E-state index is 9.20. The molecular weight excluding hydrogens is 250 g/mol. The van der Waals surface area contributed by atoms with Gasteiger partial charge in [0, 0.05) is 18.4 Å². The van der Waals surface area contributed by atoms with Crippen LogP contribution in [0.15, 0.2) is 36.5 Å². The van der Waals surface area contributed by atoms with Crippen molar-refractivity contribution in [1.82, 2.24) is 9.97 Å². The number of benzene rings is 1. The van der Waals surface area contributed by atoms with Crippen LogP contribution in [0.1, 0.15) is 5.56 Å². The van der Waals surface area contributed by atoms with Crippen LogP contribution in [0.5, 0.6) is 0 Å². The highest BCUT2D eigenvalue weighted by Crippen LogP contribution is 2.26. The molecule has 0 amide bonds. The van der Waals surface area contributed by atoms with Crippen LogP contribution in [0.25, 0.3) is 0 Å². The molecule has 94 valence electrons. The number of para-hydroxylation sites is 1. The molecule has 5 heteroatoms. The van der Waals surface area contributed by atoms with Crippen LogP contribution in [0.2, 0.25) is 5.28 Å². The molecule has 1 N–H and O–H groups in total. The molecular formula is C13H14ClN3O. The van der Waals surface area contributed by atoms with E-state index in [1.54, 1.807) is 12.3 Å². The van der Waals surface area contributed by atoms with Gasteiger partial charge in [-0.25, -0.2) is 9.97 Å². The lowest BCUT2D eigenvalue weighted by molar-refractivity contribution is 0.305. The van der Waals surface area contributed by atoms with Crippen LogP contribution < -0.4 is 4.90 Å². The van der Waals surface area contributed by atoms with Gasteiger partial charge in [-0.15, -0.1) is 0 Å². The average Bonchev–Trinajstić information content (AvgIpc) is 2.37. The van der Waals surface area contributed by atoms with Gasteiger partial charge in [-0.1, -0.05) is 18.2 Å². The smallest absolute Gasteiger partial charge is 0.224 e. The number of aliphatic hydroxyl groups is 1. The molecule has 0 fully saturated rings. The number of aryl methyl sites for hydroxylation is 1. The Hall–Kier alpha value is -1.65. The Labute approximate surface area is 111 Å². The van der Waals surface area contributed by atoms with Gasteiger partial charge in [0.15, 0.2) is 0 Å². The van der Waals surface area contributed by atoms with E-state index in [-0.39, 0.29) is 11.9 Å². The first-order valence-electron chi connectivity index (χ1n) is 5.65. The lowest BCUT2D eigenvalue weighted by Gasteiger charge is -2.24. The first-order valence-corrected chi connectivity index (χ1v) is 6.02. The number of rotatable bonds is 4. The fraction of sp³-hybridized carbons (Fsp3) is 0.231. The second-order valence-electron chi connectivity index (χ2n) is 3.85. The summed E-state index contributed by atoms with van der Waals surface area (Å²) in [5.41, 5.74) is 2.11. The van der Waals surface area contributed by atoms with E-state index < -0.39 is 0 Å². The number of aromatic nitrogens is 2. The minimum Gasteiger partial charge on any atom is -0.395 e. The van der Waals surface area contributed by atoms with Gasteiger partial charge in [0.25, 0.3) is 0 Å². The van der Waals surface area contributed by atoms with E-state index in [0.717, 1.165) is 11.3 Å². The number of hydrogen-bond acceptors (Lipinski definition) is 4. The third-order valence-corrected chi connectivity index (χ3v) is 2.80. The predicted molar refractivity (Wildman–Crippen MR) is 72.3 cm³/mol. The van der Waals surface area contributed by atoms with Crippen LogP contribution in [-0.4, -0.2) is 28.2 Å². The maximum Gasteiger partial charge on any atom is 0.224 e. The highest BCUT2D eigenvalue weighted by Gasteiger charge is 2.12. The molecule has 0 saturated carbocycles. The van der Waals surface area contributed by atoms with E-state index in [9.17, 15) is 5.11 Å². The molecule has 0 aliphatic carbocycles. The molecule has 18 heavy (non-hydrogen) atoms. The maximum absolute atomic E-state index is 9.20. The Kier molecular flexibility index (Phi) is 4.12. The topological polar surface area (TPSA) is 49.2 Å². The summed E-state index contributed by atoms with van der Waals surface area (Å²) in [6.07, 6.45) is 1.60. The molecule has 0 aliphatic heterocycles. The molecule has 1 aromatic carbocycles. The molecule has 1 aromatic heterocycles. The zero-order chi connectivity index (χ0) is 13.0. The third kappa shape index (κ3) is 2.78. The van der Waals surface area contributed by atoms with Gasteiger partial charge < -0.3 is 10.0 Å². The van der Waals surface area contributed by atoms with Crippen LogP contribution in [0, 0.1) is 6.92 Å². The summed E-state index contributed by atoms with van der Waals surface area (Å²) in [6.45, 7) is 2.51. The minimum absolute atomic E-state index is 0.0377. The van der Waals surface area contributed by atoms with Crippen molar-refractivity contribution in [2.45, 2.75) is 6.92 Å². The Morgan fingerprint density at radius 2 is 2.06 bits per heavy atom. The first-order chi connectivity index (χ1) is 8.72. The van der Waals surface area contributed by atoms with Gasteiger partial charge in [-0.05, 0) is 36.2 Å². The van der Waals surface area contributed by atoms with Crippen LogP contribution >= 0.6 is 11.6 Å². The average molecular weight is 264 g/mol. The van der Waals surface area contributed by atoms with Gasteiger partial charge in [0.1, 0.15) is 5.82 Å². The summed E-state index contributed by atoms with van der Waals surface area (Å²) in [4.78, 5) is 9.96. The van der Waals surface area contributed by atoms with Gasteiger partial charge in [-0.2, -0.15) is 0 Å². The molecule has 4 nitrogen and oxygen atoms in total. The molecule has 0 bridgehead atoms. The molecule has 0 spiro atoms. The van der Waals surface area contributed by atoms with E-state index >= 15 is 0 Å². The van der Waals surface area contributed by atoms with Crippen molar-refractivity contribution in [1.29, 1.82) is 0 Å². The number of hydrogen-bond donors (Lipinski definition) is 1. The van der Waals surface area contributed by atoms with Crippen LogP contribution in [0.4, 0.5) is 11.5 Å². The fourth-order valence-electron chi connectivity index (χ4n) is 1.80. The van der Waals surface area contributed by atoms with Crippen molar-refractivity contribution in [3.63, 3.8) is 0 Å². The number of anilines is 2. The van der Waals surface area contributed by atoms with Crippen molar-refractivity contribution >= 4 is 23.1 Å². The van der Waals surface area contributed by atoms with Crippen LogP contribution in [-0.2, 0) is 0 Å². The largest absolute Gasteiger partial charge is 0.395 e. The van der Waals surface area contributed by atoms with Gasteiger partial charge in [0.2, 0.25) is 5.28 Å². The molecule has 0 radical (unpaired) electrons. The zero-order valence-corrected chi connectivity index (χ0v) is 10.8. The van der Waals surface area contributed by atoms with E-state index in [0.29, 0.717) is 12.4 Å². The third-order valence-electron chi connectivity index (χ3n) is 2.62. The van der Waals surface area contributed by atoms with E-state index in [1.165, 1.54) is 0 Å². The molecule has 0 aliphatic rings. The van der Waals surface area contributed by atoms with Crippen molar-refractivity contribution in [2.75, 3.05) is 18.1 Å². The summed E-state index contributed by atoms with van der Waals surface area (Å²) in [5, 5.41) is 9.40. The molecule has 0 unspecified atom stereocenters. The van der Waals surface area contributed by atoms with Crippen LogP contribution in [0.3, 0.4) is 0 Å². The summed E-state index contributed by atoms with van der Waals surface area (Å²) in [7, 11) is 0.